The maximum atomic E-state index is 6.00. The molecule has 2 aliphatic rings. The second-order valence-electron chi connectivity index (χ2n) is 6.12. The Hall–Kier alpha value is -0.120. The van der Waals surface area contributed by atoms with Crippen LogP contribution >= 0.6 is 0 Å². The monoisotopic (exact) mass is 240 g/mol. The zero-order valence-electron chi connectivity index (χ0n) is 11.4. The van der Waals surface area contributed by atoms with E-state index in [1.54, 1.807) is 0 Å². The highest BCUT2D eigenvalue weighted by atomic mass is 16.5. The van der Waals surface area contributed by atoms with E-state index in [2.05, 4.69) is 12.2 Å². The summed E-state index contributed by atoms with van der Waals surface area (Å²) < 4.78 is 5.43. The quantitative estimate of drug-likeness (QED) is 0.745. The van der Waals surface area contributed by atoms with E-state index in [0.717, 1.165) is 37.8 Å². The molecule has 0 heterocycles. The first-order valence-corrected chi connectivity index (χ1v) is 7.17. The van der Waals surface area contributed by atoms with Crippen molar-refractivity contribution >= 4 is 0 Å². The van der Waals surface area contributed by atoms with Gasteiger partial charge in [-0.25, -0.2) is 0 Å². The summed E-state index contributed by atoms with van der Waals surface area (Å²) in [5, 5.41) is 3.77. The Morgan fingerprint density at radius 1 is 1.29 bits per heavy atom. The summed E-state index contributed by atoms with van der Waals surface area (Å²) in [7, 11) is 1.82. The Morgan fingerprint density at radius 3 is 2.41 bits per heavy atom. The second kappa shape index (κ2) is 5.68. The SMILES string of the molecule is COC1CCC(CN)(NCC(C)C2CC2)CC1. The number of nitrogens with one attached hydrogen (secondary N) is 1. The topological polar surface area (TPSA) is 47.3 Å². The minimum Gasteiger partial charge on any atom is -0.381 e. The smallest absolute Gasteiger partial charge is 0.0572 e. The average Bonchev–Trinajstić information content (AvgIpc) is 3.21. The number of hydrogen-bond donors (Lipinski definition) is 2. The standard InChI is InChI=1S/C14H28N2O/c1-11(12-3-4-12)9-16-14(10-15)7-5-13(17-2)6-8-14/h11-13,16H,3-10,15H2,1-2H3. The van der Waals surface area contributed by atoms with Crippen molar-refractivity contribution in [2.24, 2.45) is 17.6 Å². The van der Waals surface area contributed by atoms with Crippen LogP contribution in [0.5, 0.6) is 0 Å². The molecule has 2 rings (SSSR count). The average molecular weight is 240 g/mol. The van der Waals surface area contributed by atoms with E-state index in [9.17, 15) is 0 Å². The molecule has 17 heavy (non-hydrogen) atoms. The maximum Gasteiger partial charge on any atom is 0.0572 e. The van der Waals surface area contributed by atoms with E-state index in [4.69, 9.17) is 10.5 Å². The second-order valence-corrected chi connectivity index (χ2v) is 6.12. The molecule has 100 valence electrons. The third kappa shape index (κ3) is 3.43. The van der Waals surface area contributed by atoms with Crippen LogP contribution in [0.2, 0.25) is 0 Å². The van der Waals surface area contributed by atoms with E-state index >= 15 is 0 Å². The number of nitrogens with two attached hydrogens (primary N) is 1. The molecule has 2 saturated carbocycles. The van der Waals surface area contributed by atoms with Crippen molar-refractivity contribution in [1.29, 1.82) is 0 Å². The fourth-order valence-corrected chi connectivity index (χ4v) is 3.04. The molecule has 0 amide bonds. The maximum absolute atomic E-state index is 6.00. The minimum absolute atomic E-state index is 0.193. The fraction of sp³-hybridized carbons (Fsp3) is 1.00. The van der Waals surface area contributed by atoms with Gasteiger partial charge in [-0.3, -0.25) is 0 Å². The summed E-state index contributed by atoms with van der Waals surface area (Å²) in [6.45, 7) is 4.27. The molecule has 0 aromatic heterocycles. The molecule has 0 aromatic rings. The number of hydrogen-bond acceptors (Lipinski definition) is 3. The van der Waals surface area contributed by atoms with Crippen LogP contribution in [-0.2, 0) is 4.74 Å². The van der Waals surface area contributed by atoms with Crippen molar-refractivity contribution in [3.05, 3.63) is 0 Å². The molecule has 1 atom stereocenters. The van der Waals surface area contributed by atoms with Gasteiger partial charge in [0.2, 0.25) is 0 Å². The van der Waals surface area contributed by atoms with Gasteiger partial charge in [-0.05, 0) is 56.9 Å². The fourth-order valence-electron chi connectivity index (χ4n) is 3.04. The van der Waals surface area contributed by atoms with Crippen LogP contribution in [-0.4, -0.2) is 31.8 Å². The summed E-state index contributed by atoms with van der Waals surface area (Å²) in [6.07, 6.45) is 7.96. The molecule has 0 radical (unpaired) electrons. The van der Waals surface area contributed by atoms with Crippen molar-refractivity contribution in [2.75, 3.05) is 20.2 Å². The van der Waals surface area contributed by atoms with Crippen molar-refractivity contribution in [1.82, 2.24) is 5.32 Å². The summed E-state index contributed by atoms with van der Waals surface area (Å²) in [5.41, 5.74) is 6.19. The largest absolute Gasteiger partial charge is 0.381 e. The van der Waals surface area contributed by atoms with E-state index in [-0.39, 0.29) is 5.54 Å². The van der Waals surface area contributed by atoms with Gasteiger partial charge in [0.25, 0.3) is 0 Å². The molecule has 2 aliphatic carbocycles. The zero-order valence-corrected chi connectivity index (χ0v) is 11.4. The van der Waals surface area contributed by atoms with Gasteiger partial charge < -0.3 is 15.8 Å². The number of methoxy groups -OCH3 is 1. The van der Waals surface area contributed by atoms with Gasteiger partial charge >= 0.3 is 0 Å². The van der Waals surface area contributed by atoms with Crippen molar-refractivity contribution < 1.29 is 4.74 Å². The predicted octanol–water partition coefficient (Wildman–Crippen LogP) is 1.91. The number of ether oxygens (including phenoxy) is 1. The van der Waals surface area contributed by atoms with Crippen LogP contribution in [0.1, 0.15) is 45.4 Å². The van der Waals surface area contributed by atoms with E-state index in [1.807, 2.05) is 7.11 Å². The lowest BCUT2D eigenvalue weighted by Gasteiger charge is -2.40. The van der Waals surface area contributed by atoms with Gasteiger partial charge in [0.1, 0.15) is 0 Å². The van der Waals surface area contributed by atoms with Crippen LogP contribution < -0.4 is 11.1 Å². The lowest BCUT2D eigenvalue weighted by Crippen LogP contribution is -2.55. The Morgan fingerprint density at radius 2 is 1.94 bits per heavy atom. The van der Waals surface area contributed by atoms with E-state index in [1.165, 1.54) is 25.7 Å². The highest BCUT2D eigenvalue weighted by molar-refractivity contribution is 4.95. The summed E-state index contributed by atoms with van der Waals surface area (Å²) in [5.74, 6) is 1.80. The molecule has 0 spiro atoms. The van der Waals surface area contributed by atoms with Crippen LogP contribution in [0, 0.1) is 11.8 Å². The first-order valence-electron chi connectivity index (χ1n) is 7.17. The normalized spacial score (nSPS) is 35.8. The van der Waals surface area contributed by atoms with Crippen LogP contribution in [0.3, 0.4) is 0 Å². The van der Waals surface area contributed by atoms with Crippen molar-refractivity contribution in [2.45, 2.75) is 57.1 Å². The van der Waals surface area contributed by atoms with Crippen LogP contribution in [0.15, 0.2) is 0 Å². The van der Waals surface area contributed by atoms with Gasteiger partial charge in [-0.2, -0.15) is 0 Å². The van der Waals surface area contributed by atoms with E-state index < -0.39 is 0 Å². The van der Waals surface area contributed by atoms with Gasteiger partial charge in [0.15, 0.2) is 0 Å². The first-order chi connectivity index (χ1) is 8.19. The van der Waals surface area contributed by atoms with Gasteiger partial charge in [0, 0.05) is 19.2 Å². The molecule has 1 unspecified atom stereocenters. The molecule has 0 saturated heterocycles. The lowest BCUT2D eigenvalue weighted by atomic mass is 9.80. The Balaban J connectivity index is 1.78. The number of rotatable bonds is 6. The highest BCUT2D eigenvalue weighted by Gasteiger charge is 2.35. The third-order valence-corrected chi connectivity index (χ3v) is 4.84. The van der Waals surface area contributed by atoms with Gasteiger partial charge in [-0.1, -0.05) is 6.92 Å². The molecular formula is C14H28N2O. The molecular weight excluding hydrogens is 212 g/mol. The Labute approximate surface area is 105 Å². The highest BCUT2D eigenvalue weighted by Crippen LogP contribution is 2.37. The summed E-state index contributed by atoms with van der Waals surface area (Å²) in [6, 6.07) is 0. The van der Waals surface area contributed by atoms with Gasteiger partial charge in [0.05, 0.1) is 6.10 Å². The molecule has 0 aromatic carbocycles. The molecule has 3 N–H and O–H groups in total. The Bertz CT molecular complexity index is 232. The molecule has 3 heteroatoms. The minimum atomic E-state index is 0.193. The molecule has 0 aliphatic heterocycles. The summed E-state index contributed by atoms with van der Waals surface area (Å²) in [4.78, 5) is 0. The molecule has 2 fully saturated rings. The summed E-state index contributed by atoms with van der Waals surface area (Å²) >= 11 is 0. The lowest BCUT2D eigenvalue weighted by molar-refractivity contribution is 0.0422. The van der Waals surface area contributed by atoms with E-state index in [0.29, 0.717) is 6.10 Å². The predicted molar refractivity (Wildman–Crippen MR) is 70.9 cm³/mol. The van der Waals surface area contributed by atoms with Crippen LogP contribution in [0.4, 0.5) is 0 Å². The van der Waals surface area contributed by atoms with Crippen molar-refractivity contribution in [3.8, 4) is 0 Å². The zero-order chi connectivity index (χ0) is 12.3. The molecule has 0 bridgehead atoms. The third-order valence-electron chi connectivity index (χ3n) is 4.84. The van der Waals surface area contributed by atoms with Gasteiger partial charge in [-0.15, -0.1) is 0 Å². The van der Waals surface area contributed by atoms with Crippen LogP contribution in [0.25, 0.3) is 0 Å². The Kier molecular flexibility index (Phi) is 4.45. The first kappa shape index (κ1) is 13.3. The van der Waals surface area contributed by atoms with Crippen molar-refractivity contribution in [3.63, 3.8) is 0 Å². The molecule has 3 nitrogen and oxygen atoms in total.